The van der Waals surface area contributed by atoms with E-state index in [0.717, 1.165) is 15.9 Å². The molecule has 0 saturated carbocycles. The monoisotopic (exact) mass is 389 g/mol. The molecular formula is C20H20FNO4S. The highest BCUT2D eigenvalue weighted by molar-refractivity contribution is 7.89. The second-order valence-electron chi connectivity index (χ2n) is 6.34. The molecule has 142 valence electrons. The Kier molecular flexibility index (Phi) is 5.43. The van der Waals surface area contributed by atoms with Gasteiger partial charge >= 0.3 is 5.97 Å². The number of ether oxygens (including phenoxy) is 1. The summed E-state index contributed by atoms with van der Waals surface area (Å²) in [5.41, 5.74) is 1.57. The van der Waals surface area contributed by atoms with Crippen LogP contribution in [0.3, 0.4) is 0 Å². The minimum Gasteiger partial charge on any atom is -0.468 e. The standard InChI is InChI=1S/C20H20FNO4S/c1-14-10-11-22(27(24,25)19-9-8-16(21)13-17(14)19)18(20(23)26-2)12-15-6-4-3-5-7-15/h3-9,13,18H,1,10-12H2,2H3/t18-/m0/s1. The largest absolute Gasteiger partial charge is 0.468 e. The highest BCUT2D eigenvalue weighted by atomic mass is 32.2. The first-order valence-electron chi connectivity index (χ1n) is 8.46. The third-order valence-electron chi connectivity index (χ3n) is 4.64. The number of nitrogens with zero attached hydrogens (tertiary/aromatic N) is 1. The molecule has 0 spiro atoms. The number of carbonyl (C=O) groups excluding carboxylic acids is 1. The van der Waals surface area contributed by atoms with Crippen molar-refractivity contribution in [1.82, 2.24) is 4.31 Å². The Morgan fingerprint density at radius 2 is 1.96 bits per heavy atom. The van der Waals surface area contributed by atoms with Gasteiger partial charge in [0.1, 0.15) is 11.9 Å². The van der Waals surface area contributed by atoms with Crippen LogP contribution in [0.25, 0.3) is 5.57 Å². The van der Waals surface area contributed by atoms with Crippen LogP contribution < -0.4 is 0 Å². The van der Waals surface area contributed by atoms with Crippen molar-refractivity contribution in [1.29, 1.82) is 0 Å². The van der Waals surface area contributed by atoms with Gasteiger partial charge in [0, 0.05) is 12.1 Å². The summed E-state index contributed by atoms with van der Waals surface area (Å²) < 4.78 is 46.2. The number of esters is 1. The average Bonchev–Trinajstić information content (AvgIpc) is 2.75. The normalized spacial score (nSPS) is 17.6. The van der Waals surface area contributed by atoms with Gasteiger partial charge in [-0.15, -0.1) is 0 Å². The van der Waals surface area contributed by atoms with Gasteiger partial charge < -0.3 is 4.74 Å². The minimum atomic E-state index is -4.04. The smallest absolute Gasteiger partial charge is 0.324 e. The second-order valence-corrected chi connectivity index (χ2v) is 8.20. The Balaban J connectivity index is 2.08. The quantitative estimate of drug-likeness (QED) is 0.754. The molecule has 0 radical (unpaired) electrons. The molecule has 0 aromatic heterocycles. The van der Waals surface area contributed by atoms with Crippen LogP contribution in [0.1, 0.15) is 17.5 Å². The van der Waals surface area contributed by atoms with E-state index in [2.05, 4.69) is 6.58 Å². The zero-order valence-electron chi connectivity index (χ0n) is 14.9. The van der Waals surface area contributed by atoms with Crippen molar-refractivity contribution in [2.75, 3.05) is 13.7 Å². The van der Waals surface area contributed by atoms with E-state index >= 15 is 0 Å². The molecule has 2 aromatic carbocycles. The van der Waals surface area contributed by atoms with Crippen molar-refractivity contribution in [3.63, 3.8) is 0 Å². The summed E-state index contributed by atoms with van der Waals surface area (Å²) in [6, 6.07) is 11.6. The lowest BCUT2D eigenvalue weighted by molar-refractivity contribution is -0.145. The molecule has 2 aromatic rings. The summed E-state index contributed by atoms with van der Waals surface area (Å²) in [6.45, 7) is 3.95. The summed E-state index contributed by atoms with van der Waals surface area (Å²) in [6.07, 6.45) is 0.466. The summed E-state index contributed by atoms with van der Waals surface area (Å²) in [4.78, 5) is 12.4. The van der Waals surface area contributed by atoms with Crippen molar-refractivity contribution in [2.24, 2.45) is 0 Å². The molecule has 7 heteroatoms. The van der Waals surface area contributed by atoms with Crippen molar-refractivity contribution >= 4 is 21.6 Å². The number of fused-ring (bicyclic) bond motifs is 1. The number of sulfonamides is 1. The van der Waals surface area contributed by atoms with Crippen molar-refractivity contribution in [3.05, 3.63) is 72.1 Å². The number of carbonyl (C=O) groups is 1. The highest BCUT2D eigenvalue weighted by Gasteiger charge is 2.39. The number of methoxy groups -OCH3 is 1. The molecule has 27 heavy (non-hydrogen) atoms. The zero-order valence-corrected chi connectivity index (χ0v) is 15.7. The van der Waals surface area contributed by atoms with E-state index in [9.17, 15) is 17.6 Å². The molecule has 0 saturated heterocycles. The fourth-order valence-electron chi connectivity index (χ4n) is 3.23. The third-order valence-corrected chi connectivity index (χ3v) is 6.60. The fourth-order valence-corrected chi connectivity index (χ4v) is 5.03. The fraction of sp³-hybridized carbons (Fsp3) is 0.250. The molecule has 0 amide bonds. The molecule has 0 N–H and O–H groups in total. The number of benzene rings is 2. The molecule has 1 heterocycles. The van der Waals surface area contributed by atoms with Gasteiger partial charge in [-0.1, -0.05) is 36.9 Å². The molecule has 1 aliphatic heterocycles. The van der Waals surface area contributed by atoms with Crippen molar-refractivity contribution in [3.8, 4) is 0 Å². The lowest BCUT2D eigenvalue weighted by Crippen LogP contribution is -2.46. The first-order valence-corrected chi connectivity index (χ1v) is 9.90. The van der Waals surface area contributed by atoms with Gasteiger partial charge in [0.25, 0.3) is 0 Å². The van der Waals surface area contributed by atoms with Gasteiger partial charge in [0.2, 0.25) is 10.0 Å². The Morgan fingerprint density at radius 1 is 1.26 bits per heavy atom. The Bertz CT molecular complexity index is 973. The Labute approximate surface area is 158 Å². The number of rotatable bonds is 4. The topological polar surface area (TPSA) is 63.7 Å². The Hall–Kier alpha value is -2.51. The number of hydrogen-bond acceptors (Lipinski definition) is 4. The average molecular weight is 389 g/mol. The van der Waals surface area contributed by atoms with E-state index in [1.807, 2.05) is 30.3 Å². The second kappa shape index (κ2) is 7.62. The lowest BCUT2D eigenvalue weighted by Gasteiger charge is -2.28. The van der Waals surface area contributed by atoms with Crippen molar-refractivity contribution < 1.29 is 22.3 Å². The Morgan fingerprint density at radius 3 is 2.63 bits per heavy atom. The molecule has 0 bridgehead atoms. The maximum atomic E-state index is 13.7. The van der Waals surface area contributed by atoms with E-state index in [-0.39, 0.29) is 29.8 Å². The summed E-state index contributed by atoms with van der Waals surface area (Å²) in [5.74, 6) is -1.18. The highest BCUT2D eigenvalue weighted by Crippen LogP contribution is 2.33. The maximum absolute atomic E-state index is 13.7. The first kappa shape index (κ1) is 19.3. The summed E-state index contributed by atoms with van der Waals surface area (Å²) in [5, 5.41) is 0. The van der Waals surface area contributed by atoms with Crippen LogP contribution >= 0.6 is 0 Å². The first-order chi connectivity index (χ1) is 12.8. The van der Waals surface area contributed by atoms with E-state index in [0.29, 0.717) is 5.57 Å². The molecule has 0 aliphatic carbocycles. The molecule has 0 unspecified atom stereocenters. The van der Waals surface area contributed by atoms with Crippen LogP contribution in [0.2, 0.25) is 0 Å². The van der Waals surface area contributed by atoms with Crippen LogP contribution in [0.15, 0.2) is 60.0 Å². The van der Waals surface area contributed by atoms with Gasteiger partial charge in [-0.25, -0.2) is 12.8 Å². The number of hydrogen-bond donors (Lipinski definition) is 0. The van der Waals surface area contributed by atoms with Crippen LogP contribution in [0.4, 0.5) is 4.39 Å². The summed E-state index contributed by atoms with van der Waals surface area (Å²) >= 11 is 0. The van der Waals surface area contributed by atoms with Crippen LogP contribution in [-0.4, -0.2) is 38.4 Å². The minimum absolute atomic E-state index is 0.0478. The predicted molar refractivity (Wildman–Crippen MR) is 99.9 cm³/mol. The lowest BCUT2D eigenvalue weighted by atomic mass is 10.0. The zero-order chi connectivity index (χ0) is 19.6. The predicted octanol–water partition coefficient (Wildman–Crippen LogP) is 3.02. The van der Waals surface area contributed by atoms with E-state index < -0.39 is 27.9 Å². The van der Waals surface area contributed by atoms with Crippen LogP contribution in [-0.2, 0) is 26.0 Å². The van der Waals surface area contributed by atoms with Gasteiger partial charge in [-0.05, 0) is 42.2 Å². The van der Waals surface area contributed by atoms with Crippen LogP contribution in [0, 0.1) is 5.82 Å². The van der Waals surface area contributed by atoms with Crippen LogP contribution in [0.5, 0.6) is 0 Å². The SMILES string of the molecule is C=C1CCN([C@@H](Cc2ccccc2)C(=O)OC)S(=O)(=O)c2ccc(F)cc21. The summed E-state index contributed by atoms with van der Waals surface area (Å²) in [7, 11) is -2.81. The van der Waals surface area contributed by atoms with E-state index in [1.54, 1.807) is 0 Å². The third kappa shape index (κ3) is 3.79. The van der Waals surface area contributed by atoms with E-state index in [4.69, 9.17) is 4.74 Å². The van der Waals surface area contributed by atoms with Gasteiger partial charge in [0.15, 0.2) is 0 Å². The molecule has 5 nitrogen and oxygen atoms in total. The molecule has 3 rings (SSSR count). The molecular weight excluding hydrogens is 369 g/mol. The van der Waals surface area contributed by atoms with Gasteiger partial charge in [-0.2, -0.15) is 4.31 Å². The van der Waals surface area contributed by atoms with Gasteiger partial charge in [0.05, 0.1) is 12.0 Å². The van der Waals surface area contributed by atoms with Crippen molar-refractivity contribution in [2.45, 2.75) is 23.8 Å². The molecule has 0 fully saturated rings. The maximum Gasteiger partial charge on any atom is 0.324 e. The molecule has 1 atom stereocenters. The number of halogens is 1. The van der Waals surface area contributed by atoms with E-state index in [1.165, 1.54) is 19.2 Å². The van der Waals surface area contributed by atoms with Gasteiger partial charge in [-0.3, -0.25) is 4.79 Å². The molecule has 1 aliphatic rings.